The molecule has 0 amide bonds. The zero-order chi connectivity index (χ0) is 9.42. The highest BCUT2D eigenvalue weighted by Gasteiger charge is 2.42. The smallest absolute Gasteiger partial charge is 0.340 e. The van der Waals surface area contributed by atoms with Crippen molar-refractivity contribution in [2.75, 3.05) is 0 Å². The van der Waals surface area contributed by atoms with E-state index in [1.807, 2.05) is 0 Å². The predicted molar refractivity (Wildman–Crippen MR) is 45.9 cm³/mol. The van der Waals surface area contributed by atoms with Crippen LogP contribution in [0, 0.1) is 11.8 Å². The van der Waals surface area contributed by atoms with E-state index < -0.39 is 12.1 Å². The first kappa shape index (κ1) is 8.97. The Bertz CT molecular complexity index is 215. The van der Waals surface area contributed by atoms with E-state index in [1.54, 1.807) is 0 Å². The van der Waals surface area contributed by atoms with Gasteiger partial charge in [0.05, 0.1) is 0 Å². The van der Waals surface area contributed by atoms with Crippen LogP contribution < -0.4 is 0 Å². The highest BCUT2D eigenvalue weighted by atomic mass is 19.1. The fraction of sp³-hybridized carbons (Fsp3) is 0.900. The number of hydrogen-bond acceptors (Lipinski definition) is 2. The fourth-order valence-corrected chi connectivity index (χ4v) is 2.57. The van der Waals surface area contributed by atoms with Gasteiger partial charge in [0.1, 0.15) is 6.10 Å². The second-order valence-electron chi connectivity index (χ2n) is 4.27. The minimum Gasteiger partial charge on any atom is -0.460 e. The van der Waals surface area contributed by atoms with Gasteiger partial charge in [0.15, 0.2) is 6.17 Å². The van der Waals surface area contributed by atoms with Crippen LogP contribution in [0.3, 0.4) is 0 Å². The molecule has 0 heterocycles. The molecule has 0 aromatic heterocycles. The lowest BCUT2D eigenvalue weighted by Gasteiger charge is -2.22. The molecule has 3 heteroatoms. The van der Waals surface area contributed by atoms with Gasteiger partial charge in [-0.2, -0.15) is 0 Å². The first-order chi connectivity index (χ1) is 6.16. The zero-order valence-electron chi connectivity index (χ0n) is 7.83. The average Bonchev–Trinajstić information content (AvgIpc) is 2.64. The summed E-state index contributed by atoms with van der Waals surface area (Å²) in [6.45, 7) is 1.23. The molecule has 0 aliphatic heterocycles. The SMILES string of the molecule is CC(F)C(=O)OC1CC2CCC1C2. The Labute approximate surface area is 77.5 Å². The topological polar surface area (TPSA) is 26.3 Å². The number of hydrogen-bond donors (Lipinski definition) is 0. The molecule has 2 saturated carbocycles. The van der Waals surface area contributed by atoms with Crippen molar-refractivity contribution in [1.29, 1.82) is 0 Å². The van der Waals surface area contributed by atoms with Crippen molar-refractivity contribution in [2.24, 2.45) is 11.8 Å². The summed E-state index contributed by atoms with van der Waals surface area (Å²) in [5, 5.41) is 0. The number of rotatable bonds is 2. The van der Waals surface area contributed by atoms with E-state index in [0.717, 1.165) is 18.8 Å². The molecule has 13 heavy (non-hydrogen) atoms. The molecular weight excluding hydrogens is 171 g/mol. The van der Waals surface area contributed by atoms with Crippen molar-refractivity contribution in [3.8, 4) is 0 Å². The van der Waals surface area contributed by atoms with Gasteiger partial charge in [0.25, 0.3) is 0 Å². The van der Waals surface area contributed by atoms with E-state index in [9.17, 15) is 9.18 Å². The summed E-state index contributed by atoms with van der Waals surface area (Å²) in [5.41, 5.74) is 0. The van der Waals surface area contributed by atoms with Crippen LogP contribution in [0.2, 0.25) is 0 Å². The largest absolute Gasteiger partial charge is 0.460 e. The second-order valence-corrected chi connectivity index (χ2v) is 4.27. The molecule has 0 aromatic carbocycles. The van der Waals surface area contributed by atoms with Crippen LogP contribution in [0.4, 0.5) is 4.39 Å². The molecule has 2 nitrogen and oxygen atoms in total. The van der Waals surface area contributed by atoms with Gasteiger partial charge >= 0.3 is 5.97 Å². The Morgan fingerprint density at radius 2 is 2.23 bits per heavy atom. The third kappa shape index (κ3) is 1.69. The molecule has 74 valence electrons. The van der Waals surface area contributed by atoms with Gasteiger partial charge in [-0.3, -0.25) is 0 Å². The number of esters is 1. The molecule has 0 spiro atoms. The third-order valence-electron chi connectivity index (χ3n) is 3.27. The summed E-state index contributed by atoms with van der Waals surface area (Å²) in [7, 11) is 0. The average molecular weight is 186 g/mol. The number of carbonyl (C=O) groups is 1. The van der Waals surface area contributed by atoms with Gasteiger partial charge in [-0.1, -0.05) is 0 Å². The Morgan fingerprint density at radius 3 is 2.69 bits per heavy atom. The lowest BCUT2D eigenvalue weighted by atomic mass is 9.98. The molecule has 0 N–H and O–H groups in total. The van der Waals surface area contributed by atoms with E-state index in [2.05, 4.69) is 0 Å². The first-order valence-electron chi connectivity index (χ1n) is 5.01. The number of ether oxygens (including phenoxy) is 1. The molecule has 2 aliphatic carbocycles. The fourth-order valence-electron chi connectivity index (χ4n) is 2.57. The summed E-state index contributed by atoms with van der Waals surface area (Å²) in [4.78, 5) is 11.0. The monoisotopic (exact) mass is 186 g/mol. The molecule has 2 bridgehead atoms. The molecule has 0 aromatic rings. The van der Waals surface area contributed by atoms with Gasteiger partial charge in [-0.05, 0) is 44.4 Å². The summed E-state index contributed by atoms with van der Waals surface area (Å²) >= 11 is 0. The van der Waals surface area contributed by atoms with Gasteiger partial charge in [-0.15, -0.1) is 0 Å². The standard InChI is InChI=1S/C10H15FO2/c1-6(11)10(12)13-9-5-7-2-3-8(9)4-7/h6-9H,2-5H2,1H3. The van der Waals surface area contributed by atoms with Crippen LogP contribution >= 0.6 is 0 Å². The Hall–Kier alpha value is -0.600. The van der Waals surface area contributed by atoms with E-state index in [1.165, 1.54) is 19.8 Å². The maximum absolute atomic E-state index is 12.5. The lowest BCUT2D eigenvalue weighted by Crippen LogP contribution is -2.27. The quantitative estimate of drug-likeness (QED) is 0.617. The first-order valence-corrected chi connectivity index (χ1v) is 5.01. The molecule has 0 radical (unpaired) electrons. The summed E-state index contributed by atoms with van der Waals surface area (Å²) < 4.78 is 17.6. The molecule has 2 fully saturated rings. The molecule has 2 aliphatic rings. The van der Waals surface area contributed by atoms with E-state index in [0.29, 0.717) is 5.92 Å². The van der Waals surface area contributed by atoms with E-state index >= 15 is 0 Å². The highest BCUT2D eigenvalue weighted by Crippen LogP contribution is 2.45. The van der Waals surface area contributed by atoms with Crippen LogP contribution in [-0.4, -0.2) is 18.2 Å². The van der Waals surface area contributed by atoms with Crippen molar-refractivity contribution in [1.82, 2.24) is 0 Å². The van der Waals surface area contributed by atoms with Gasteiger partial charge < -0.3 is 4.74 Å². The van der Waals surface area contributed by atoms with Crippen molar-refractivity contribution in [2.45, 2.75) is 44.9 Å². The Kier molecular flexibility index (Phi) is 2.26. The maximum atomic E-state index is 12.5. The minimum atomic E-state index is -1.47. The van der Waals surface area contributed by atoms with Crippen LogP contribution in [0.1, 0.15) is 32.6 Å². The zero-order valence-corrected chi connectivity index (χ0v) is 7.83. The van der Waals surface area contributed by atoms with Crippen LogP contribution in [-0.2, 0) is 9.53 Å². The molecular formula is C10H15FO2. The summed E-state index contributed by atoms with van der Waals surface area (Å²) in [6.07, 6.45) is 3.11. The number of halogens is 1. The summed E-state index contributed by atoms with van der Waals surface area (Å²) in [6, 6.07) is 0. The number of alkyl halides is 1. The van der Waals surface area contributed by atoms with Crippen LogP contribution in [0.5, 0.6) is 0 Å². The maximum Gasteiger partial charge on any atom is 0.340 e. The molecule has 4 unspecified atom stereocenters. The summed E-state index contributed by atoms with van der Waals surface area (Å²) in [5.74, 6) is 0.572. The van der Waals surface area contributed by atoms with Crippen molar-refractivity contribution in [3.05, 3.63) is 0 Å². The van der Waals surface area contributed by atoms with Crippen molar-refractivity contribution in [3.63, 3.8) is 0 Å². The molecule has 4 atom stereocenters. The van der Waals surface area contributed by atoms with Gasteiger partial charge in [0, 0.05) is 0 Å². The van der Waals surface area contributed by atoms with Gasteiger partial charge in [-0.25, -0.2) is 9.18 Å². The second kappa shape index (κ2) is 3.28. The lowest BCUT2D eigenvalue weighted by molar-refractivity contribution is -0.156. The van der Waals surface area contributed by atoms with E-state index in [4.69, 9.17) is 4.74 Å². The normalized spacial score (nSPS) is 39.1. The Balaban J connectivity index is 1.86. The van der Waals surface area contributed by atoms with Crippen molar-refractivity contribution >= 4 is 5.97 Å². The van der Waals surface area contributed by atoms with Gasteiger partial charge in [0.2, 0.25) is 0 Å². The molecule has 2 rings (SSSR count). The molecule has 0 saturated heterocycles. The minimum absolute atomic E-state index is 0.0180. The highest BCUT2D eigenvalue weighted by molar-refractivity contribution is 5.74. The van der Waals surface area contributed by atoms with E-state index in [-0.39, 0.29) is 6.10 Å². The number of carbonyl (C=O) groups excluding carboxylic acids is 1. The van der Waals surface area contributed by atoms with Crippen LogP contribution in [0.15, 0.2) is 0 Å². The Morgan fingerprint density at radius 1 is 1.46 bits per heavy atom. The van der Waals surface area contributed by atoms with Crippen LogP contribution in [0.25, 0.3) is 0 Å². The number of fused-ring (bicyclic) bond motifs is 2. The predicted octanol–water partition coefficient (Wildman–Crippen LogP) is 2.08. The van der Waals surface area contributed by atoms with Crippen molar-refractivity contribution < 1.29 is 13.9 Å². The third-order valence-corrected chi connectivity index (χ3v) is 3.27.